The molecule has 0 unspecified atom stereocenters. The number of hydrogen-bond acceptors (Lipinski definition) is 3. The van der Waals surface area contributed by atoms with Crippen LogP contribution in [0.2, 0.25) is 0 Å². The third-order valence-corrected chi connectivity index (χ3v) is 5.65. The van der Waals surface area contributed by atoms with Gasteiger partial charge in [-0.2, -0.15) is 4.31 Å². The summed E-state index contributed by atoms with van der Waals surface area (Å²) in [6.07, 6.45) is 0.677. The van der Waals surface area contributed by atoms with Crippen molar-refractivity contribution in [3.63, 3.8) is 0 Å². The Bertz CT molecular complexity index is 742. The number of rotatable bonds is 3. The number of hydrogen-bond donors (Lipinski definition) is 1. The molecule has 1 aliphatic rings. The second-order valence-electron chi connectivity index (χ2n) is 5.31. The Labute approximate surface area is 125 Å². The number of fused-ring (bicyclic) bond motifs is 1. The standard InChI is InChI=1S/C16H18N2O2S/c17-16-8-4-7-14-11-18(10-9-15(14)16)21(19,20)12-13-5-2-1-3-6-13/h1-8H,9-12,17H2. The summed E-state index contributed by atoms with van der Waals surface area (Å²) in [6.45, 7) is 0.909. The molecule has 2 aromatic carbocycles. The summed E-state index contributed by atoms with van der Waals surface area (Å²) in [5.41, 5.74) is 9.62. The molecule has 5 heteroatoms. The molecule has 0 aliphatic carbocycles. The molecular formula is C16H18N2O2S. The summed E-state index contributed by atoms with van der Waals surface area (Å²) in [7, 11) is -3.30. The lowest BCUT2D eigenvalue weighted by molar-refractivity contribution is 0.391. The van der Waals surface area contributed by atoms with Crippen LogP contribution in [0.5, 0.6) is 0 Å². The summed E-state index contributed by atoms with van der Waals surface area (Å²) < 4.78 is 26.6. The molecule has 0 atom stereocenters. The molecule has 0 radical (unpaired) electrons. The molecule has 110 valence electrons. The molecule has 0 bridgehead atoms. The topological polar surface area (TPSA) is 63.4 Å². The molecule has 0 amide bonds. The normalized spacial score (nSPS) is 15.6. The van der Waals surface area contributed by atoms with Crippen molar-refractivity contribution in [1.82, 2.24) is 4.31 Å². The molecule has 0 saturated heterocycles. The largest absolute Gasteiger partial charge is 0.398 e. The van der Waals surface area contributed by atoms with Crippen molar-refractivity contribution in [2.75, 3.05) is 12.3 Å². The lowest BCUT2D eigenvalue weighted by atomic mass is 9.99. The van der Waals surface area contributed by atoms with E-state index in [1.807, 2.05) is 48.5 Å². The van der Waals surface area contributed by atoms with Gasteiger partial charge < -0.3 is 5.73 Å². The van der Waals surface area contributed by atoms with Gasteiger partial charge in [-0.1, -0.05) is 42.5 Å². The van der Waals surface area contributed by atoms with Crippen molar-refractivity contribution in [2.45, 2.75) is 18.7 Å². The van der Waals surface area contributed by atoms with Gasteiger partial charge in [0.15, 0.2) is 0 Å². The van der Waals surface area contributed by atoms with E-state index in [1.54, 1.807) is 4.31 Å². The summed E-state index contributed by atoms with van der Waals surface area (Å²) in [6, 6.07) is 15.0. The first-order chi connectivity index (χ1) is 10.1. The average Bonchev–Trinajstić information content (AvgIpc) is 2.48. The summed E-state index contributed by atoms with van der Waals surface area (Å²) in [5.74, 6) is 0.0471. The lowest BCUT2D eigenvalue weighted by Gasteiger charge is -2.28. The first-order valence-corrected chi connectivity index (χ1v) is 8.55. The minimum Gasteiger partial charge on any atom is -0.398 e. The van der Waals surface area contributed by atoms with Crippen LogP contribution < -0.4 is 5.73 Å². The van der Waals surface area contributed by atoms with Gasteiger partial charge in [0, 0.05) is 18.8 Å². The number of benzene rings is 2. The molecule has 2 N–H and O–H groups in total. The maximum atomic E-state index is 12.5. The van der Waals surface area contributed by atoms with Gasteiger partial charge in [0.05, 0.1) is 5.75 Å². The van der Waals surface area contributed by atoms with Gasteiger partial charge in [-0.15, -0.1) is 0 Å². The van der Waals surface area contributed by atoms with Crippen molar-refractivity contribution < 1.29 is 8.42 Å². The van der Waals surface area contributed by atoms with E-state index in [-0.39, 0.29) is 5.75 Å². The highest BCUT2D eigenvalue weighted by molar-refractivity contribution is 7.88. The molecule has 2 aromatic rings. The van der Waals surface area contributed by atoms with Crippen LogP contribution in [0.15, 0.2) is 48.5 Å². The maximum Gasteiger partial charge on any atom is 0.218 e. The van der Waals surface area contributed by atoms with E-state index >= 15 is 0 Å². The number of anilines is 1. The fourth-order valence-electron chi connectivity index (χ4n) is 2.73. The molecular weight excluding hydrogens is 284 g/mol. The Kier molecular flexibility index (Phi) is 3.69. The summed E-state index contributed by atoms with van der Waals surface area (Å²) >= 11 is 0. The number of nitrogens with zero attached hydrogens (tertiary/aromatic N) is 1. The second kappa shape index (κ2) is 5.50. The van der Waals surface area contributed by atoms with Crippen LogP contribution >= 0.6 is 0 Å². The molecule has 0 fully saturated rings. The summed E-state index contributed by atoms with van der Waals surface area (Å²) in [4.78, 5) is 0. The molecule has 0 aromatic heterocycles. The van der Waals surface area contributed by atoms with Crippen LogP contribution in [0.4, 0.5) is 5.69 Å². The van der Waals surface area contributed by atoms with Crippen molar-refractivity contribution in [1.29, 1.82) is 0 Å². The van der Waals surface area contributed by atoms with Crippen LogP contribution in [-0.4, -0.2) is 19.3 Å². The molecule has 1 heterocycles. The predicted molar refractivity (Wildman–Crippen MR) is 84.0 cm³/mol. The van der Waals surface area contributed by atoms with Crippen molar-refractivity contribution in [3.05, 3.63) is 65.2 Å². The van der Waals surface area contributed by atoms with Crippen molar-refractivity contribution in [3.8, 4) is 0 Å². The van der Waals surface area contributed by atoms with E-state index in [2.05, 4.69) is 0 Å². The number of sulfonamides is 1. The van der Waals surface area contributed by atoms with Crippen LogP contribution in [0.25, 0.3) is 0 Å². The van der Waals surface area contributed by atoms with Gasteiger partial charge in [0.2, 0.25) is 10.0 Å². The quantitative estimate of drug-likeness (QED) is 0.884. The van der Waals surface area contributed by atoms with Gasteiger partial charge in [0.1, 0.15) is 0 Å². The zero-order valence-corrected chi connectivity index (χ0v) is 12.5. The zero-order chi connectivity index (χ0) is 14.9. The van der Waals surface area contributed by atoms with E-state index in [9.17, 15) is 8.42 Å². The first kappa shape index (κ1) is 14.1. The molecule has 4 nitrogen and oxygen atoms in total. The second-order valence-corrected chi connectivity index (χ2v) is 7.28. The third-order valence-electron chi connectivity index (χ3n) is 3.85. The Morgan fingerprint density at radius 3 is 2.57 bits per heavy atom. The minimum atomic E-state index is -3.30. The number of nitrogens with two attached hydrogens (primary N) is 1. The summed E-state index contributed by atoms with van der Waals surface area (Å²) in [5, 5.41) is 0. The van der Waals surface area contributed by atoms with Gasteiger partial charge in [-0.25, -0.2) is 8.42 Å². The van der Waals surface area contributed by atoms with Gasteiger partial charge in [-0.05, 0) is 29.2 Å². The van der Waals surface area contributed by atoms with Gasteiger partial charge in [0.25, 0.3) is 0 Å². The smallest absolute Gasteiger partial charge is 0.218 e. The highest BCUT2D eigenvalue weighted by atomic mass is 32.2. The van der Waals surface area contributed by atoms with Crippen LogP contribution in [0, 0.1) is 0 Å². The minimum absolute atomic E-state index is 0.0471. The maximum absolute atomic E-state index is 12.5. The third kappa shape index (κ3) is 2.94. The Balaban J connectivity index is 1.82. The fourth-order valence-corrected chi connectivity index (χ4v) is 4.23. The zero-order valence-electron chi connectivity index (χ0n) is 11.7. The fraction of sp³-hybridized carbons (Fsp3) is 0.250. The average molecular weight is 302 g/mol. The van der Waals surface area contributed by atoms with E-state index in [0.29, 0.717) is 19.5 Å². The monoisotopic (exact) mass is 302 g/mol. The van der Waals surface area contributed by atoms with E-state index in [0.717, 1.165) is 22.4 Å². The lowest BCUT2D eigenvalue weighted by Crippen LogP contribution is -2.37. The molecule has 1 aliphatic heterocycles. The molecule has 3 rings (SSSR count). The number of nitrogen functional groups attached to an aromatic ring is 1. The Morgan fingerprint density at radius 2 is 1.81 bits per heavy atom. The highest BCUT2D eigenvalue weighted by Crippen LogP contribution is 2.26. The van der Waals surface area contributed by atoms with E-state index < -0.39 is 10.0 Å². The predicted octanol–water partition coefficient (Wildman–Crippen LogP) is 2.16. The first-order valence-electron chi connectivity index (χ1n) is 6.94. The SMILES string of the molecule is Nc1cccc2c1CCN(S(=O)(=O)Cc1ccccc1)C2. The van der Waals surface area contributed by atoms with E-state index in [1.165, 1.54) is 0 Å². The molecule has 0 spiro atoms. The van der Waals surface area contributed by atoms with Crippen LogP contribution in [0.3, 0.4) is 0 Å². The van der Waals surface area contributed by atoms with Crippen LogP contribution in [0.1, 0.15) is 16.7 Å². The Morgan fingerprint density at radius 1 is 1.05 bits per heavy atom. The van der Waals surface area contributed by atoms with Crippen molar-refractivity contribution in [2.24, 2.45) is 0 Å². The molecule has 0 saturated carbocycles. The Hall–Kier alpha value is -1.85. The van der Waals surface area contributed by atoms with Gasteiger partial charge in [-0.3, -0.25) is 0 Å². The highest BCUT2D eigenvalue weighted by Gasteiger charge is 2.27. The van der Waals surface area contributed by atoms with Crippen molar-refractivity contribution >= 4 is 15.7 Å². The molecule has 21 heavy (non-hydrogen) atoms. The van der Waals surface area contributed by atoms with Crippen LogP contribution in [-0.2, 0) is 28.7 Å². The van der Waals surface area contributed by atoms with Gasteiger partial charge >= 0.3 is 0 Å². The van der Waals surface area contributed by atoms with E-state index in [4.69, 9.17) is 5.73 Å².